The maximum absolute atomic E-state index is 12.4. The van der Waals surface area contributed by atoms with Gasteiger partial charge < -0.3 is 15.2 Å². The van der Waals surface area contributed by atoms with Crippen molar-refractivity contribution in [1.29, 1.82) is 0 Å². The number of ether oxygens (including phenoxy) is 2. The molecule has 2 aromatic rings. The van der Waals surface area contributed by atoms with E-state index in [1.54, 1.807) is 24.3 Å². The molecule has 0 aromatic heterocycles. The quantitative estimate of drug-likeness (QED) is 0.810. The minimum Gasteiger partial charge on any atom is -0.454 e. The number of sulfonamides is 1. The second kappa shape index (κ2) is 5.12. The van der Waals surface area contributed by atoms with Crippen LogP contribution in [-0.2, 0) is 10.0 Å². The molecule has 8 heteroatoms. The van der Waals surface area contributed by atoms with Gasteiger partial charge in [-0.05, 0) is 30.3 Å². The molecular weight excluding hydrogens is 360 g/mol. The Balaban J connectivity index is 1.92. The van der Waals surface area contributed by atoms with Gasteiger partial charge in [-0.1, -0.05) is 15.9 Å². The van der Waals surface area contributed by atoms with E-state index in [0.29, 0.717) is 21.7 Å². The van der Waals surface area contributed by atoms with Crippen LogP contribution in [-0.4, -0.2) is 15.2 Å². The Morgan fingerprint density at radius 1 is 1.10 bits per heavy atom. The van der Waals surface area contributed by atoms with Crippen LogP contribution in [0.25, 0.3) is 0 Å². The summed E-state index contributed by atoms with van der Waals surface area (Å²) in [4.78, 5) is 0.0170. The Bertz CT molecular complexity index is 808. The first-order valence-electron chi connectivity index (χ1n) is 5.93. The van der Waals surface area contributed by atoms with E-state index in [1.807, 2.05) is 0 Å². The van der Waals surface area contributed by atoms with E-state index in [2.05, 4.69) is 20.7 Å². The number of nitrogens with two attached hydrogens (primary N) is 1. The van der Waals surface area contributed by atoms with Crippen LogP contribution in [0.3, 0.4) is 0 Å². The van der Waals surface area contributed by atoms with Crippen molar-refractivity contribution in [3.05, 3.63) is 40.9 Å². The molecule has 6 nitrogen and oxygen atoms in total. The van der Waals surface area contributed by atoms with Crippen LogP contribution in [0.2, 0.25) is 0 Å². The van der Waals surface area contributed by atoms with E-state index >= 15 is 0 Å². The van der Waals surface area contributed by atoms with Gasteiger partial charge in [0, 0.05) is 10.5 Å². The van der Waals surface area contributed by atoms with Crippen molar-refractivity contribution in [2.24, 2.45) is 0 Å². The summed E-state index contributed by atoms with van der Waals surface area (Å²) in [6, 6.07) is 9.40. The first kappa shape index (κ1) is 14.0. The molecule has 0 unspecified atom stereocenters. The van der Waals surface area contributed by atoms with E-state index < -0.39 is 10.0 Å². The fourth-order valence-electron chi connectivity index (χ4n) is 1.93. The predicted molar refractivity (Wildman–Crippen MR) is 81.9 cm³/mol. The monoisotopic (exact) mass is 370 g/mol. The third kappa shape index (κ3) is 2.77. The average molecular weight is 371 g/mol. The SMILES string of the molecule is Nc1cc(Br)ccc1S(=O)(=O)Nc1ccc2c(c1)OCO2. The fraction of sp³-hybridized carbons (Fsp3) is 0.0769. The lowest BCUT2D eigenvalue weighted by atomic mass is 10.3. The first-order chi connectivity index (χ1) is 9.95. The smallest absolute Gasteiger partial charge is 0.263 e. The Morgan fingerprint density at radius 2 is 1.86 bits per heavy atom. The van der Waals surface area contributed by atoms with Gasteiger partial charge in [-0.3, -0.25) is 4.72 Å². The number of halogens is 1. The highest BCUT2D eigenvalue weighted by molar-refractivity contribution is 9.10. The van der Waals surface area contributed by atoms with Gasteiger partial charge >= 0.3 is 0 Å². The van der Waals surface area contributed by atoms with Crippen LogP contribution < -0.4 is 19.9 Å². The van der Waals surface area contributed by atoms with Crippen LogP contribution in [0.5, 0.6) is 11.5 Å². The molecule has 1 aliphatic heterocycles. The van der Waals surface area contributed by atoms with Gasteiger partial charge in [0.05, 0.1) is 11.4 Å². The normalized spacial score (nSPS) is 13.2. The molecule has 0 aliphatic carbocycles. The third-order valence-electron chi connectivity index (χ3n) is 2.89. The van der Waals surface area contributed by atoms with Gasteiger partial charge in [-0.15, -0.1) is 0 Å². The molecule has 2 aromatic carbocycles. The molecule has 3 N–H and O–H groups in total. The lowest BCUT2D eigenvalue weighted by Gasteiger charge is -2.10. The van der Waals surface area contributed by atoms with Crippen LogP contribution in [0, 0.1) is 0 Å². The van der Waals surface area contributed by atoms with Gasteiger partial charge in [0.15, 0.2) is 11.5 Å². The van der Waals surface area contributed by atoms with Gasteiger partial charge in [0.1, 0.15) is 4.90 Å². The summed E-state index contributed by atoms with van der Waals surface area (Å²) >= 11 is 3.24. The molecule has 1 heterocycles. The molecule has 110 valence electrons. The molecular formula is C13H11BrN2O4S. The van der Waals surface area contributed by atoms with Crippen molar-refractivity contribution in [1.82, 2.24) is 0 Å². The highest BCUT2D eigenvalue weighted by atomic mass is 79.9. The zero-order valence-electron chi connectivity index (χ0n) is 10.7. The molecule has 0 fully saturated rings. The number of nitrogens with one attached hydrogen (secondary N) is 1. The highest BCUT2D eigenvalue weighted by Crippen LogP contribution is 2.35. The number of fused-ring (bicyclic) bond motifs is 1. The molecule has 0 spiro atoms. The van der Waals surface area contributed by atoms with Crippen molar-refractivity contribution in [2.45, 2.75) is 4.90 Å². The molecule has 1 aliphatic rings. The summed E-state index contributed by atoms with van der Waals surface area (Å²) in [5, 5.41) is 0. The molecule has 0 saturated carbocycles. The number of nitrogen functional groups attached to an aromatic ring is 1. The van der Waals surface area contributed by atoms with E-state index in [0.717, 1.165) is 0 Å². The van der Waals surface area contributed by atoms with E-state index in [9.17, 15) is 8.42 Å². The highest BCUT2D eigenvalue weighted by Gasteiger charge is 2.20. The largest absolute Gasteiger partial charge is 0.454 e. The fourth-order valence-corrected chi connectivity index (χ4v) is 3.48. The van der Waals surface area contributed by atoms with Crippen molar-refractivity contribution < 1.29 is 17.9 Å². The van der Waals surface area contributed by atoms with Gasteiger partial charge in [0.2, 0.25) is 6.79 Å². The molecule has 0 atom stereocenters. The Morgan fingerprint density at radius 3 is 2.62 bits per heavy atom. The van der Waals surface area contributed by atoms with E-state index in [1.165, 1.54) is 12.1 Å². The summed E-state index contributed by atoms with van der Waals surface area (Å²) < 4.78 is 38.3. The Kier molecular flexibility index (Phi) is 3.42. The van der Waals surface area contributed by atoms with Crippen molar-refractivity contribution in [2.75, 3.05) is 17.2 Å². The van der Waals surface area contributed by atoms with Crippen molar-refractivity contribution in [3.63, 3.8) is 0 Å². The predicted octanol–water partition coefficient (Wildman–Crippen LogP) is 2.56. The Labute approximate surface area is 130 Å². The number of benzene rings is 2. The van der Waals surface area contributed by atoms with E-state index in [-0.39, 0.29) is 17.4 Å². The van der Waals surface area contributed by atoms with Gasteiger partial charge in [-0.25, -0.2) is 8.42 Å². The van der Waals surface area contributed by atoms with Crippen LogP contribution in [0.4, 0.5) is 11.4 Å². The number of anilines is 2. The summed E-state index contributed by atoms with van der Waals surface area (Å²) in [6.07, 6.45) is 0. The maximum atomic E-state index is 12.4. The van der Waals surface area contributed by atoms with Gasteiger partial charge in [0.25, 0.3) is 10.0 Å². The average Bonchev–Trinajstić information content (AvgIpc) is 2.85. The lowest BCUT2D eigenvalue weighted by molar-refractivity contribution is 0.174. The number of hydrogen-bond acceptors (Lipinski definition) is 5. The van der Waals surface area contributed by atoms with Crippen LogP contribution in [0.15, 0.2) is 45.8 Å². The molecule has 21 heavy (non-hydrogen) atoms. The minimum atomic E-state index is -3.77. The first-order valence-corrected chi connectivity index (χ1v) is 8.21. The summed E-state index contributed by atoms with van der Waals surface area (Å²) in [5.41, 5.74) is 6.30. The second-order valence-corrected chi connectivity index (χ2v) is 6.92. The maximum Gasteiger partial charge on any atom is 0.263 e. The summed E-state index contributed by atoms with van der Waals surface area (Å²) in [7, 11) is -3.77. The summed E-state index contributed by atoms with van der Waals surface area (Å²) in [6.45, 7) is 0.130. The van der Waals surface area contributed by atoms with Crippen LogP contribution in [0.1, 0.15) is 0 Å². The number of hydrogen-bond donors (Lipinski definition) is 2. The molecule has 0 bridgehead atoms. The van der Waals surface area contributed by atoms with Crippen molar-refractivity contribution in [3.8, 4) is 11.5 Å². The van der Waals surface area contributed by atoms with E-state index in [4.69, 9.17) is 15.2 Å². The Hall–Kier alpha value is -1.93. The van der Waals surface area contributed by atoms with Crippen LogP contribution >= 0.6 is 15.9 Å². The molecule has 0 radical (unpaired) electrons. The van der Waals surface area contributed by atoms with Gasteiger partial charge in [-0.2, -0.15) is 0 Å². The molecule has 0 saturated heterocycles. The molecule has 0 amide bonds. The zero-order chi connectivity index (χ0) is 15.0. The lowest BCUT2D eigenvalue weighted by Crippen LogP contribution is -2.14. The number of rotatable bonds is 3. The topological polar surface area (TPSA) is 90.7 Å². The third-order valence-corrected chi connectivity index (χ3v) is 4.83. The molecule has 3 rings (SSSR count). The minimum absolute atomic E-state index is 0.0170. The standard InChI is InChI=1S/C13H11BrN2O4S/c14-8-1-4-13(10(15)5-8)21(17,18)16-9-2-3-11-12(6-9)20-7-19-11/h1-6,16H,7,15H2. The second-order valence-electron chi connectivity index (χ2n) is 4.36. The zero-order valence-corrected chi connectivity index (χ0v) is 13.1. The van der Waals surface area contributed by atoms with Crippen molar-refractivity contribution >= 4 is 37.3 Å². The summed E-state index contributed by atoms with van der Waals surface area (Å²) in [5.74, 6) is 1.08.